The van der Waals surface area contributed by atoms with E-state index in [-0.39, 0.29) is 0 Å². The average Bonchev–Trinajstić information content (AvgIpc) is 2.39. The maximum absolute atomic E-state index is 5.59. The number of nitrogens with zero attached hydrogens (tertiary/aromatic N) is 2. The molecule has 17 heavy (non-hydrogen) atoms. The zero-order valence-corrected chi connectivity index (χ0v) is 10.5. The highest BCUT2D eigenvalue weighted by Crippen LogP contribution is 2.30. The first kappa shape index (κ1) is 12.1. The third-order valence-corrected chi connectivity index (χ3v) is 3.68. The molecule has 1 aliphatic rings. The van der Waals surface area contributed by atoms with Crippen LogP contribution in [0.4, 0.5) is 5.82 Å². The fraction of sp³-hybridized carbons (Fsp3) is 0.500. The maximum Gasteiger partial charge on any atom is 0.123 e. The molecule has 3 nitrogen and oxygen atoms in total. The number of pyridine rings is 1. The lowest BCUT2D eigenvalue weighted by Gasteiger charge is -2.32. The van der Waals surface area contributed by atoms with E-state index < -0.39 is 0 Å². The minimum atomic E-state index is 0.572. The van der Waals surface area contributed by atoms with Crippen LogP contribution in [0.15, 0.2) is 24.9 Å². The van der Waals surface area contributed by atoms with E-state index in [1.54, 1.807) is 0 Å². The van der Waals surface area contributed by atoms with E-state index in [2.05, 4.69) is 23.4 Å². The van der Waals surface area contributed by atoms with Gasteiger partial charge < -0.3 is 10.6 Å². The van der Waals surface area contributed by atoms with Gasteiger partial charge in [-0.05, 0) is 61.7 Å². The largest absolute Gasteiger partial charge is 0.384 e. The molecule has 2 heterocycles. The Labute approximate surface area is 103 Å². The summed E-state index contributed by atoms with van der Waals surface area (Å²) in [5, 5.41) is 0. The Balaban J connectivity index is 1.99. The summed E-state index contributed by atoms with van der Waals surface area (Å²) in [5.41, 5.74) is 7.94. The van der Waals surface area contributed by atoms with Gasteiger partial charge in [0.1, 0.15) is 5.82 Å². The maximum atomic E-state index is 5.59. The molecule has 3 heteroatoms. The van der Waals surface area contributed by atoms with Gasteiger partial charge in [-0.3, -0.25) is 0 Å². The van der Waals surface area contributed by atoms with E-state index in [1.807, 2.05) is 18.3 Å². The van der Waals surface area contributed by atoms with E-state index >= 15 is 0 Å². The van der Waals surface area contributed by atoms with Crippen molar-refractivity contribution in [3.05, 3.63) is 30.5 Å². The lowest BCUT2D eigenvalue weighted by atomic mass is 9.87. The number of nitrogen functional groups attached to an aromatic ring is 1. The molecular weight excluding hydrogens is 210 g/mol. The highest BCUT2D eigenvalue weighted by Gasteiger charge is 2.21. The van der Waals surface area contributed by atoms with Gasteiger partial charge in [0.15, 0.2) is 0 Å². The van der Waals surface area contributed by atoms with Crippen molar-refractivity contribution in [2.45, 2.75) is 19.8 Å². The van der Waals surface area contributed by atoms with E-state index in [0.29, 0.717) is 11.7 Å². The Bertz CT molecular complexity index is 375. The molecule has 0 amide bonds. The summed E-state index contributed by atoms with van der Waals surface area (Å²) in [6.07, 6.45) is 4.25. The zero-order valence-electron chi connectivity index (χ0n) is 10.5. The lowest BCUT2D eigenvalue weighted by molar-refractivity contribution is 0.216. The van der Waals surface area contributed by atoms with Crippen molar-refractivity contribution in [3.63, 3.8) is 0 Å². The minimum absolute atomic E-state index is 0.572. The number of rotatable bonds is 3. The van der Waals surface area contributed by atoms with Gasteiger partial charge in [-0.15, -0.1) is 0 Å². The number of hydrogen-bond acceptors (Lipinski definition) is 3. The van der Waals surface area contributed by atoms with E-state index in [1.165, 1.54) is 31.5 Å². The molecule has 1 saturated heterocycles. The molecule has 92 valence electrons. The van der Waals surface area contributed by atoms with Gasteiger partial charge in [-0.1, -0.05) is 13.5 Å². The molecule has 1 aromatic rings. The number of likely N-dealkylation sites (tertiary alicyclic amines) is 1. The number of allylic oxidation sites excluding steroid dienone is 1. The Morgan fingerprint density at radius 2 is 2.18 bits per heavy atom. The van der Waals surface area contributed by atoms with Crippen LogP contribution < -0.4 is 5.73 Å². The summed E-state index contributed by atoms with van der Waals surface area (Å²) in [5.74, 6) is 1.17. The van der Waals surface area contributed by atoms with Crippen LogP contribution in [0.5, 0.6) is 0 Å². The Kier molecular flexibility index (Phi) is 3.79. The van der Waals surface area contributed by atoms with Gasteiger partial charge in [-0.2, -0.15) is 0 Å². The van der Waals surface area contributed by atoms with Crippen LogP contribution >= 0.6 is 0 Å². The van der Waals surface area contributed by atoms with Gasteiger partial charge in [-0.25, -0.2) is 4.98 Å². The molecule has 0 aliphatic carbocycles. The van der Waals surface area contributed by atoms with Crippen LogP contribution in [0.3, 0.4) is 0 Å². The van der Waals surface area contributed by atoms with Crippen LogP contribution in [0, 0.1) is 5.92 Å². The van der Waals surface area contributed by atoms with Gasteiger partial charge in [0, 0.05) is 6.20 Å². The first-order valence-corrected chi connectivity index (χ1v) is 6.33. The Morgan fingerprint density at radius 1 is 1.47 bits per heavy atom. The molecule has 0 saturated carbocycles. The van der Waals surface area contributed by atoms with E-state index in [9.17, 15) is 0 Å². The Hall–Kier alpha value is -1.35. The number of anilines is 1. The standard InChI is InChI=1S/C14H21N3/c1-3-17-8-6-12(7-9-17)11(2)13-4-5-14(15)16-10-13/h4-5,10,12H,2-3,6-9H2,1H3,(H2,15,16). The molecule has 0 unspecified atom stereocenters. The molecule has 1 aliphatic heterocycles. The normalized spacial score (nSPS) is 18.2. The fourth-order valence-electron chi connectivity index (χ4n) is 2.43. The van der Waals surface area contributed by atoms with Crippen molar-refractivity contribution in [3.8, 4) is 0 Å². The molecule has 1 fully saturated rings. The molecular formula is C14H21N3. The summed E-state index contributed by atoms with van der Waals surface area (Å²) < 4.78 is 0. The smallest absolute Gasteiger partial charge is 0.123 e. The van der Waals surface area contributed by atoms with Crippen molar-refractivity contribution in [1.82, 2.24) is 9.88 Å². The van der Waals surface area contributed by atoms with Gasteiger partial charge >= 0.3 is 0 Å². The van der Waals surface area contributed by atoms with Crippen LogP contribution in [-0.4, -0.2) is 29.5 Å². The monoisotopic (exact) mass is 231 g/mol. The average molecular weight is 231 g/mol. The first-order valence-electron chi connectivity index (χ1n) is 6.33. The number of aromatic nitrogens is 1. The molecule has 0 spiro atoms. The van der Waals surface area contributed by atoms with E-state index in [4.69, 9.17) is 5.73 Å². The molecule has 0 atom stereocenters. The van der Waals surface area contributed by atoms with Crippen LogP contribution in [0.25, 0.3) is 5.57 Å². The van der Waals surface area contributed by atoms with Crippen molar-refractivity contribution in [2.75, 3.05) is 25.4 Å². The van der Waals surface area contributed by atoms with Crippen molar-refractivity contribution in [1.29, 1.82) is 0 Å². The third-order valence-electron chi connectivity index (χ3n) is 3.68. The lowest BCUT2D eigenvalue weighted by Crippen LogP contribution is -2.33. The molecule has 0 radical (unpaired) electrons. The minimum Gasteiger partial charge on any atom is -0.384 e. The van der Waals surface area contributed by atoms with Crippen molar-refractivity contribution in [2.24, 2.45) is 5.92 Å². The molecule has 0 bridgehead atoms. The van der Waals surface area contributed by atoms with Gasteiger partial charge in [0.2, 0.25) is 0 Å². The second-order valence-corrected chi connectivity index (χ2v) is 4.71. The molecule has 0 aromatic carbocycles. The number of piperidine rings is 1. The van der Waals surface area contributed by atoms with Gasteiger partial charge in [0.25, 0.3) is 0 Å². The first-order chi connectivity index (χ1) is 8.20. The second kappa shape index (κ2) is 5.32. The molecule has 2 N–H and O–H groups in total. The summed E-state index contributed by atoms with van der Waals surface area (Å²) in [4.78, 5) is 6.62. The fourth-order valence-corrected chi connectivity index (χ4v) is 2.43. The van der Waals surface area contributed by atoms with Crippen molar-refractivity contribution < 1.29 is 0 Å². The van der Waals surface area contributed by atoms with Crippen LogP contribution in [-0.2, 0) is 0 Å². The SMILES string of the molecule is C=C(c1ccc(N)nc1)C1CCN(CC)CC1. The third kappa shape index (κ3) is 2.86. The Morgan fingerprint density at radius 3 is 2.71 bits per heavy atom. The summed E-state index contributed by atoms with van der Waals surface area (Å²) >= 11 is 0. The summed E-state index contributed by atoms with van der Waals surface area (Å²) in [6.45, 7) is 9.97. The number of nitrogens with two attached hydrogens (primary N) is 1. The highest BCUT2D eigenvalue weighted by molar-refractivity contribution is 5.65. The predicted octanol–water partition coefficient (Wildman–Crippen LogP) is 2.41. The number of hydrogen-bond donors (Lipinski definition) is 1. The molecule has 2 rings (SSSR count). The summed E-state index contributed by atoms with van der Waals surface area (Å²) in [6, 6.07) is 3.87. The van der Waals surface area contributed by atoms with Gasteiger partial charge in [0.05, 0.1) is 0 Å². The highest BCUT2D eigenvalue weighted by atomic mass is 15.1. The summed E-state index contributed by atoms with van der Waals surface area (Å²) in [7, 11) is 0. The molecule has 1 aromatic heterocycles. The second-order valence-electron chi connectivity index (χ2n) is 4.71. The van der Waals surface area contributed by atoms with Crippen molar-refractivity contribution >= 4 is 11.4 Å². The van der Waals surface area contributed by atoms with Crippen LogP contribution in [0.1, 0.15) is 25.3 Å². The predicted molar refractivity (Wildman–Crippen MR) is 72.5 cm³/mol. The van der Waals surface area contributed by atoms with Crippen LogP contribution in [0.2, 0.25) is 0 Å². The topological polar surface area (TPSA) is 42.1 Å². The van der Waals surface area contributed by atoms with E-state index in [0.717, 1.165) is 12.1 Å². The quantitative estimate of drug-likeness (QED) is 0.868. The zero-order chi connectivity index (χ0) is 12.3.